The Balaban J connectivity index is 1.75. The molecule has 1 saturated heterocycles. The van der Waals surface area contributed by atoms with E-state index < -0.39 is 7.12 Å². The predicted octanol–water partition coefficient (Wildman–Crippen LogP) is 1.94. The van der Waals surface area contributed by atoms with Crippen molar-refractivity contribution in [3.8, 4) is 5.75 Å². The van der Waals surface area contributed by atoms with Gasteiger partial charge in [-0.25, -0.2) is 0 Å². The number of benzene rings is 1. The summed E-state index contributed by atoms with van der Waals surface area (Å²) in [6.45, 7) is 8.69. The molecule has 1 N–H and O–H groups in total. The molecule has 5 nitrogen and oxygen atoms in total. The highest BCUT2D eigenvalue weighted by Gasteiger charge is 2.52. The Kier molecular flexibility index (Phi) is 3.53. The van der Waals surface area contributed by atoms with Gasteiger partial charge in [0.05, 0.1) is 23.3 Å². The fraction of sp³-hybridized carbons (Fsp3) is 0.438. The largest absolute Gasteiger partial charge is 0.516 e. The zero-order chi connectivity index (χ0) is 16.0. The van der Waals surface area contributed by atoms with E-state index in [9.17, 15) is 5.11 Å². The molecule has 1 aliphatic heterocycles. The van der Waals surface area contributed by atoms with E-state index in [0.29, 0.717) is 6.54 Å². The Morgan fingerprint density at radius 1 is 1.14 bits per heavy atom. The van der Waals surface area contributed by atoms with E-state index in [2.05, 4.69) is 5.10 Å². The fourth-order valence-corrected chi connectivity index (χ4v) is 2.40. The lowest BCUT2D eigenvalue weighted by molar-refractivity contribution is 0.00578. The number of hydrogen-bond acceptors (Lipinski definition) is 4. The number of aromatic nitrogens is 2. The maximum atomic E-state index is 9.51. The Labute approximate surface area is 131 Å². The van der Waals surface area contributed by atoms with Crippen molar-refractivity contribution in [3.05, 3.63) is 42.1 Å². The highest BCUT2D eigenvalue weighted by atomic mass is 16.7. The zero-order valence-electron chi connectivity index (χ0n) is 13.4. The first kappa shape index (κ1) is 15.1. The van der Waals surface area contributed by atoms with Gasteiger partial charge >= 0.3 is 7.12 Å². The van der Waals surface area contributed by atoms with Gasteiger partial charge in [0.15, 0.2) is 0 Å². The third-order valence-electron chi connectivity index (χ3n) is 4.41. The summed E-state index contributed by atoms with van der Waals surface area (Å²) in [4.78, 5) is 0. The number of hydrogen-bond donors (Lipinski definition) is 1. The average molecular weight is 300 g/mol. The molecular formula is C16H21BN2O3. The van der Waals surface area contributed by atoms with Gasteiger partial charge in [-0.05, 0) is 51.5 Å². The SMILES string of the molecule is CC1(C)OB(c2ccn(Cc3cccc(O)c3)n2)OC1(C)C. The van der Waals surface area contributed by atoms with Crippen LogP contribution in [-0.4, -0.2) is 33.2 Å². The molecule has 3 rings (SSSR count). The smallest absolute Gasteiger partial charge is 0.508 e. The molecule has 1 aliphatic rings. The van der Waals surface area contributed by atoms with E-state index in [1.807, 2.05) is 56.8 Å². The second-order valence-corrected chi connectivity index (χ2v) is 6.70. The summed E-state index contributed by atoms with van der Waals surface area (Å²) in [6.07, 6.45) is 1.89. The Bertz CT molecular complexity index is 666. The van der Waals surface area contributed by atoms with Gasteiger partial charge in [0, 0.05) is 6.20 Å². The highest BCUT2D eigenvalue weighted by Crippen LogP contribution is 2.36. The van der Waals surface area contributed by atoms with Crippen LogP contribution < -0.4 is 5.59 Å². The Morgan fingerprint density at radius 2 is 1.82 bits per heavy atom. The van der Waals surface area contributed by atoms with Crippen LogP contribution in [0.5, 0.6) is 5.75 Å². The molecule has 1 aromatic heterocycles. The molecule has 0 atom stereocenters. The van der Waals surface area contributed by atoms with Crippen molar-refractivity contribution < 1.29 is 14.4 Å². The molecule has 2 heterocycles. The maximum absolute atomic E-state index is 9.51. The van der Waals surface area contributed by atoms with E-state index in [-0.39, 0.29) is 17.0 Å². The van der Waals surface area contributed by atoms with Crippen LogP contribution in [0.1, 0.15) is 33.3 Å². The van der Waals surface area contributed by atoms with Gasteiger partial charge in [-0.2, -0.15) is 5.10 Å². The summed E-state index contributed by atoms with van der Waals surface area (Å²) in [5.41, 5.74) is 1.02. The number of phenolic OH excluding ortho intramolecular Hbond substituents is 1. The molecule has 0 spiro atoms. The maximum Gasteiger partial charge on any atom is 0.516 e. The molecule has 0 radical (unpaired) electrons. The summed E-state index contributed by atoms with van der Waals surface area (Å²) < 4.78 is 13.8. The molecule has 1 fully saturated rings. The summed E-state index contributed by atoms with van der Waals surface area (Å²) in [6, 6.07) is 9.07. The molecule has 1 aromatic carbocycles. The minimum Gasteiger partial charge on any atom is -0.508 e. The van der Waals surface area contributed by atoms with Crippen LogP contribution in [0.15, 0.2) is 36.5 Å². The lowest BCUT2D eigenvalue weighted by Gasteiger charge is -2.32. The van der Waals surface area contributed by atoms with Crippen LogP contribution in [0.3, 0.4) is 0 Å². The Morgan fingerprint density at radius 3 is 2.45 bits per heavy atom. The van der Waals surface area contributed by atoms with Crippen molar-refractivity contribution in [2.45, 2.75) is 45.4 Å². The van der Waals surface area contributed by atoms with Gasteiger partial charge in [-0.3, -0.25) is 4.68 Å². The molecule has 0 bridgehead atoms. The topological polar surface area (TPSA) is 56.5 Å². The van der Waals surface area contributed by atoms with E-state index in [4.69, 9.17) is 9.31 Å². The van der Waals surface area contributed by atoms with Crippen molar-refractivity contribution >= 4 is 12.7 Å². The summed E-state index contributed by atoms with van der Waals surface area (Å²) >= 11 is 0. The van der Waals surface area contributed by atoms with Gasteiger partial charge in [-0.1, -0.05) is 12.1 Å². The Hall–Kier alpha value is -1.79. The van der Waals surface area contributed by atoms with E-state index in [0.717, 1.165) is 11.2 Å². The summed E-state index contributed by atoms with van der Waals surface area (Å²) in [7, 11) is -0.449. The van der Waals surface area contributed by atoms with E-state index >= 15 is 0 Å². The molecule has 0 unspecified atom stereocenters. The first-order valence-electron chi connectivity index (χ1n) is 7.44. The van der Waals surface area contributed by atoms with Crippen molar-refractivity contribution in [1.29, 1.82) is 0 Å². The quantitative estimate of drug-likeness (QED) is 0.880. The van der Waals surface area contributed by atoms with Crippen LogP contribution in [0.25, 0.3) is 0 Å². The number of phenols is 1. The lowest BCUT2D eigenvalue weighted by atomic mass is 9.85. The van der Waals surface area contributed by atoms with Gasteiger partial charge in [0.2, 0.25) is 0 Å². The van der Waals surface area contributed by atoms with E-state index in [1.165, 1.54) is 0 Å². The van der Waals surface area contributed by atoms with Crippen LogP contribution in [-0.2, 0) is 15.9 Å². The van der Waals surface area contributed by atoms with Crippen LogP contribution >= 0.6 is 0 Å². The van der Waals surface area contributed by atoms with Crippen LogP contribution in [0.2, 0.25) is 0 Å². The molecule has 0 aliphatic carbocycles. The van der Waals surface area contributed by atoms with Gasteiger partial charge in [0.25, 0.3) is 0 Å². The molecular weight excluding hydrogens is 279 g/mol. The van der Waals surface area contributed by atoms with Gasteiger partial charge < -0.3 is 14.4 Å². The van der Waals surface area contributed by atoms with Crippen molar-refractivity contribution in [2.24, 2.45) is 0 Å². The highest BCUT2D eigenvalue weighted by molar-refractivity contribution is 6.61. The average Bonchev–Trinajstić information content (AvgIpc) is 2.93. The number of rotatable bonds is 3. The van der Waals surface area contributed by atoms with Crippen LogP contribution in [0, 0.1) is 0 Å². The third kappa shape index (κ3) is 2.76. The second kappa shape index (κ2) is 5.14. The van der Waals surface area contributed by atoms with Gasteiger partial charge in [-0.15, -0.1) is 0 Å². The molecule has 116 valence electrons. The molecule has 0 amide bonds. The minimum atomic E-state index is -0.449. The normalized spacial score (nSPS) is 19.5. The first-order chi connectivity index (χ1) is 10.3. The molecule has 0 saturated carbocycles. The third-order valence-corrected chi connectivity index (χ3v) is 4.41. The summed E-state index contributed by atoms with van der Waals surface area (Å²) in [5, 5.41) is 14.0. The van der Waals surface area contributed by atoms with Crippen molar-refractivity contribution in [1.82, 2.24) is 9.78 Å². The monoisotopic (exact) mass is 300 g/mol. The number of aromatic hydroxyl groups is 1. The first-order valence-corrected chi connectivity index (χ1v) is 7.44. The second-order valence-electron chi connectivity index (χ2n) is 6.70. The fourth-order valence-electron chi connectivity index (χ4n) is 2.40. The zero-order valence-corrected chi connectivity index (χ0v) is 13.4. The molecule has 2 aromatic rings. The van der Waals surface area contributed by atoms with Crippen LogP contribution in [0.4, 0.5) is 0 Å². The van der Waals surface area contributed by atoms with Crippen molar-refractivity contribution in [3.63, 3.8) is 0 Å². The summed E-state index contributed by atoms with van der Waals surface area (Å²) in [5.74, 6) is 0.260. The van der Waals surface area contributed by atoms with Gasteiger partial charge in [0.1, 0.15) is 5.75 Å². The molecule has 22 heavy (non-hydrogen) atoms. The minimum absolute atomic E-state index is 0.260. The lowest BCUT2D eigenvalue weighted by Crippen LogP contribution is -2.41. The predicted molar refractivity (Wildman–Crippen MR) is 85.2 cm³/mol. The number of nitrogens with zero attached hydrogens (tertiary/aromatic N) is 2. The van der Waals surface area contributed by atoms with Crippen molar-refractivity contribution in [2.75, 3.05) is 0 Å². The standard InChI is InChI=1S/C16H21BN2O3/c1-15(2)16(3,4)22-17(21-15)14-8-9-19(18-14)11-12-6-5-7-13(20)10-12/h5-10,20H,11H2,1-4H3. The van der Waals surface area contributed by atoms with E-state index in [1.54, 1.807) is 12.1 Å². The molecule has 6 heteroatoms.